The van der Waals surface area contributed by atoms with Crippen molar-refractivity contribution in [2.75, 3.05) is 0 Å². The first-order valence-electron chi connectivity index (χ1n) is 15.8. The highest BCUT2D eigenvalue weighted by molar-refractivity contribution is 7.25. The molecule has 0 amide bonds. The minimum atomic E-state index is 0.661. The van der Waals surface area contributed by atoms with Crippen LogP contribution in [0.25, 0.3) is 98.5 Å². The fraction of sp³-hybridized carbons (Fsp3) is 0. The summed E-state index contributed by atoms with van der Waals surface area (Å²) in [5.41, 5.74) is 10.3. The van der Waals surface area contributed by atoms with Crippen LogP contribution in [0.5, 0.6) is 0 Å². The molecule has 0 atom stereocenters. The van der Waals surface area contributed by atoms with Gasteiger partial charge in [0, 0.05) is 36.9 Å². The first kappa shape index (κ1) is 26.3. The van der Waals surface area contributed by atoms with Gasteiger partial charge in [-0.05, 0) is 68.4 Å². The van der Waals surface area contributed by atoms with Crippen LogP contribution in [-0.2, 0) is 0 Å². The Bertz CT molecular complexity index is 2670. The largest absolute Gasteiger partial charge is 0.208 e. The maximum absolute atomic E-state index is 5.28. The summed E-state index contributed by atoms with van der Waals surface area (Å²) in [6.07, 6.45) is 0. The highest BCUT2D eigenvalue weighted by Crippen LogP contribution is 2.52. The summed E-state index contributed by atoms with van der Waals surface area (Å²) >= 11 is 1.81. The lowest BCUT2D eigenvalue weighted by Gasteiger charge is -2.15. The van der Waals surface area contributed by atoms with Gasteiger partial charge in [0.2, 0.25) is 0 Å². The van der Waals surface area contributed by atoms with E-state index in [1.54, 1.807) is 11.3 Å². The first-order valence-corrected chi connectivity index (χ1v) is 16.6. The Kier molecular flexibility index (Phi) is 5.74. The Labute approximate surface area is 275 Å². The van der Waals surface area contributed by atoms with Gasteiger partial charge < -0.3 is 0 Å². The summed E-state index contributed by atoms with van der Waals surface area (Å²) in [4.78, 5) is 15.6. The molecule has 0 N–H and O–H groups in total. The Morgan fingerprint density at radius 1 is 0.362 bits per heavy atom. The number of hydrogen-bond donors (Lipinski definition) is 0. The molecular weight excluding hydrogens is 591 g/mol. The molecule has 0 spiro atoms. The van der Waals surface area contributed by atoms with Gasteiger partial charge >= 0.3 is 0 Å². The maximum Gasteiger partial charge on any atom is 0.164 e. The molecule has 0 saturated carbocycles. The molecule has 0 aliphatic heterocycles. The Hall–Kier alpha value is -5.97. The third-order valence-electron chi connectivity index (χ3n) is 9.26. The van der Waals surface area contributed by atoms with Crippen molar-refractivity contribution < 1.29 is 0 Å². The molecule has 2 aromatic heterocycles. The number of thiophene rings is 1. The number of benzene rings is 7. The lowest BCUT2D eigenvalue weighted by Crippen LogP contribution is -2.01. The highest BCUT2D eigenvalue weighted by Gasteiger charge is 2.26. The molecule has 2 heterocycles. The van der Waals surface area contributed by atoms with E-state index in [0.717, 1.165) is 16.7 Å². The summed E-state index contributed by atoms with van der Waals surface area (Å²) in [6.45, 7) is 0. The van der Waals surface area contributed by atoms with Crippen LogP contribution in [0.1, 0.15) is 0 Å². The lowest BCUT2D eigenvalue weighted by molar-refractivity contribution is 1.08. The van der Waals surface area contributed by atoms with Crippen LogP contribution < -0.4 is 0 Å². The van der Waals surface area contributed by atoms with Crippen LogP contribution in [0.3, 0.4) is 0 Å². The van der Waals surface area contributed by atoms with Crippen molar-refractivity contribution in [1.82, 2.24) is 15.0 Å². The van der Waals surface area contributed by atoms with E-state index in [-0.39, 0.29) is 0 Å². The maximum atomic E-state index is 5.28. The van der Waals surface area contributed by atoms with E-state index in [4.69, 9.17) is 15.0 Å². The van der Waals surface area contributed by atoms with Crippen LogP contribution in [0.4, 0.5) is 0 Å². The Morgan fingerprint density at radius 2 is 0.957 bits per heavy atom. The third kappa shape index (κ3) is 4.09. The van der Waals surface area contributed by atoms with Gasteiger partial charge in [-0.2, -0.15) is 0 Å². The number of nitrogens with zero attached hydrogens (tertiary/aromatic N) is 3. The zero-order chi connectivity index (χ0) is 30.9. The van der Waals surface area contributed by atoms with E-state index >= 15 is 0 Å². The summed E-state index contributed by atoms with van der Waals surface area (Å²) in [6, 6.07) is 53.7. The van der Waals surface area contributed by atoms with E-state index in [9.17, 15) is 0 Å². The van der Waals surface area contributed by atoms with Crippen molar-refractivity contribution in [3.63, 3.8) is 0 Å². The Morgan fingerprint density at radius 3 is 1.77 bits per heavy atom. The van der Waals surface area contributed by atoms with Gasteiger partial charge in [-0.25, -0.2) is 15.0 Å². The molecule has 1 aliphatic carbocycles. The SMILES string of the molecule is c1ccc(-c2nc(-c3cc(-c4ccccc4)c4c(c3)-c3cccc5cccc-4c35)nc(-c3cccc4sc5ccccc5c34)n2)cc1. The van der Waals surface area contributed by atoms with Crippen molar-refractivity contribution in [2.45, 2.75) is 0 Å². The van der Waals surface area contributed by atoms with E-state index in [1.165, 1.54) is 64.3 Å². The second-order valence-electron chi connectivity index (χ2n) is 12.0. The van der Waals surface area contributed by atoms with Gasteiger partial charge in [-0.15, -0.1) is 11.3 Å². The van der Waals surface area contributed by atoms with E-state index < -0.39 is 0 Å². The summed E-state index contributed by atoms with van der Waals surface area (Å²) in [5.74, 6) is 2.00. The van der Waals surface area contributed by atoms with Crippen LogP contribution in [-0.4, -0.2) is 15.0 Å². The summed E-state index contributed by atoms with van der Waals surface area (Å²) < 4.78 is 2.48. The highest BCUT2D eigenvalue weighted by atomic mass is 32.1. The average molecular weight is 616 g/mol. The van der Waals surface area contributed by atoms with Gasteiger partial charge in [0.25, 0.3) is 0 Å². The summed E-state index contributed by atoms with van der Waals surface area (Å²) in [7, 11) is 0. The van der Waals surface area contributed by atoms with Gasteiger partial charge in [0.05, 0.1) is 0 Å². The quantitative estimate of drug-likeness (QED) is 0.198. The normalized spacial score (nSPS) is 11.8. The molecule has 218 valence electrons. The average Bonchev–Trinajstić information content (AvgIpc) is 3.69. The van der Waals surface area contributed by atoms with Crippen LogP contribution in [0.15, 0.2) is 152 Å². The molecule has 0 unspecified atom stereocenters. The van der Waals surface area contributed by atoms with E-state index in [0.29, 0.717) is 17.5 Å². The molecule has 0 bridgehead atoms. The molecule has 9 aromatic rings. The molecule has 7 aromatic carbocycles. The number of rotatable bonds is 4. The Balaban J connectivity index is 1.27. The topological polar surface area (TPSA) is 38.7 Å². The number of hydrogen-bond acceptors (Lipinski definition) is 4. The zero-order valence-electron chi connectivity index (χ0n) is 25.2. The molecule has 0 fully saturated rings. The summed E-state index contributed by atoms with van der Waals surface area (Å²) in [5, 5.41) is 4.96. The number of fused-ring (bicyclic) bond motifs is 6. The second kappa shape index (κ2) is 10.3. The monoisotopic (exact) mass is 615 g/mol. The zero-order valence-corrected chi connectivity index (χ0v) is 26.0. The predicted octanol–water partition coefficient (Wildman–Crippen LogP) is 11.7. The fourth-order valence-electron chi connectivity index (χ4n) is 7.20. The van der Waals surface area contributed by atoms with Gasteiger partial charge in [-0.1, -0.05) is 127 Å². The standard InChI is InChI=1S/C43H25N3S/c1-3-12-26(13-4-1)34-24-29(25-35-30-19-9-16-27-17-10-20-32(38(27)30)39(34)35)42-44-41(28-14-5-2-6-15-28)45-43(46-42)33-21-11-23-37-40(33)31-18-7-8-22-36(31)47-37/h1-25H. The molecule has 0 radical (unpaired) electrons. The molecule has 3 nitrogen and oxygen atoms in total. The molecule has 10 rings (SSSR count). The second-order valence-corrected chi connectivity index (χ2v) is 13.1. The van der Waals surface area contributed by atoms with Gasteiger partial charge in [-0.3, -0.25) is 0 Å². The molecular formula is C43H25N3S. The predicted molar refractivity (Wildman–Crippen MR) is 196 cm³/mol. The third-order valence-corrected chi connectivity index (χ3v) is 10.4. The van der Waals surface area contributed by atoms with Crippen LogP contribution in [0.2, 0.25) is 0 Å². The van der Waals surface area contributed by atoms with Crippen molar-refractivity contribution >= 4 is 42.3 Å². The van der Waals surface area contributed by atoms with E-state index in [2.05, 4.69) is 133 Å². The van der Waals surface area contributed by atoms with Crippen molar-refractivity contribution in [3.05, 3.63) is 152 Å². The van der Waals surface area contributed by atoms with Crippen molar-refractivity contribution in [1.29, 1.82) is 0 Å². The minimum Gasteiger partial charge on any atom is -0.208 e. The van der Waals surface area contributed by atoms with Gasteiger partial charge in [0.1, 0.15) is 0 Å². The smallest absolute Gasteiger partial charge is 0.164 e. The van der Waals surface area contributed by atoms with Crippen molar-refractivity contribution in [3.8, 4) is 67.5 Å². The molecule has 1 aliphatic rings. The van der Waals surface area contributed by atoms with Crippen LogP contribution in [0, 0.1) is 0 Å². The molecule has 4 heteroatoms. The lowest BCUT2D eigenvalue weighted by atomic mass is 9.91. The van der Waals surface area contributed by atoms with E-state index in [1.807, 2.05) is 18.2 Å². The molecule has 0 saturated heterocycles. The van der Waals surface area contributed by atoms with Crippen LogP contribution >= 0.6 is 11.3 Å². The fourth-order valence-corrected chi connectivity index (χ4v) is 8.33. The first-order chi connectivity index (χ1) is 23.3. The van der Waals surface area contributed by atoms with Crippen molar-refractivity contribution in [2.24, 2.45) is 0 Å². The van der Waals surface area contributed by atoms with Gasteiger partial charge in [0.15, 0.2) is 17.5 Å². The molecule has 47 heavy (non-hydrogen) atoms. The number of aromatic nitrogens is 3. The minimum absolute atomic E-state index is 0.661.